The Hall–Kier alpha value is -2.95. The number of fused-ring (bicyclic) bond motifs is 1. The van der Waals surface area contributed by atoms with Gasteiger partial charge in [-0.25, -0.2) is 4.98 Å². The van der Waals surface area contributed by atoms with E-state index in [0.717, 1.165) is 11.3 Å². The summed E-state index contributed by atoms with van der Waals surface area (Å²) in [5.74, 6) is -0.142. The molecule has 0 aliphatic heterocycles. The van der Waals surface area contributed by atoms with Crippen LogP contribution in [0.5, 0.6) is 0 Å². The van der Waals surface area contributed by atoms with E-state index in [0.29, 0.717) is 10.9 Å². The van der Waals surface area contributed by atoms with Crippen molar-refractivity contribution >= 4 is 22.5 Å². The van der Waals surface area contributed by atoms with E-state index in [9.17, 15) is 9.59 Å². The van der Waals surface area contributed by atoms with E-state index in [1.165, 1.54) is 10.9 Å². The topological polar surface area (TPSA) is 55.2 Å². The molecule has 0 unspecified atom stereocenters. The fourth-order valence-electron chi connectivity index (χ4n) is 2.93. The highest BCUT2D eigenvalue weighted by atomic mass is 16.2. The van der Waals surface area contributed by atoms with Crippen LogP contribution in [-0.4, -0.2) is 21.5 Å². The number of aromatic nitrogens is 2. The van der Waals surface area contributed by atoms with Crippen molar-refractivity contribution in [3.8, 4) is 0 Å². The van der Waals surface area contributed by atoms with Gasteiger partial charge in [-0.15, -0.1) is 0 Å². The van der Waals surface area contributed by atoms with Crippen molar-refractivity contribution in [1.82, 2.24) is 9.55 Å². The van der Waals surface area contributed by atoms with Crippen molar-refractivity contribution in [1.29, 1.82) is 0 Å². The maximum absolute atomic E-state index is 12.8. The summed E-state index contributed by atoms with van der Waals surface area (Å²) < 4.78 is 1.38. The first-order valence-corrected chi connectivity index (χ1v) is 8.30. The number of aryl methyl sites for hydroxylation is 1. The van der Waals surface area contributed by atoms with Gasteiger partial charge in [-0.2, -0.15) is 0 Å². The Morgan fingerprint density at radius 2 is 1.88 bits per heavy atom. The predicted octanol–water partition coefficient (Wildman–Crippen LogP) is 3.15. The first-order valence-electron chi connectivity index (χ1n) is 8.30. The van der Waals surface area contributed by atoms with Crippen molar-refractivity contribution in [2.45, 2.75) is 33.4 Å². The van der Waals surface area contributed by atoms with Crippen LogP contribution in [0.15, 0.2) is 59.7 Å². The van der Waals surface area contributed by atoms with Crippen molar-refractivity contribution < 1.29 is 4.79 Å². The van der Waals surface area contributed by atoms with E-state index in [1.807, 2.05) is 69.3 Å². The van der Waals surface area contributed by atoms with Crippen LogP contribution in [0.4, 0.5) is 5.69 Å². The first-order chi connectivity index (χ1) is 12.0. The van der Waals surface area contributed by atoms with Gasteiger partial charge in [0.2, 0.25) is 5.91 Å². The summed E-state index contributed by atoms with van der Waals surface area (Å²) in [7, 11) is 0. The molecule has 3 aromatic rings. The van der Waals surface area contributed by atoms with E-state index in [-0.39, 0.29) is 24.1 Å². The number of anilines is 1. The Kier molecular flexibility index (Phi) is 4.65. The van der Waals surface area contributed by atoms with Gasteiger partial charge in [0.25, 0.3) is 5.56 Å². The second-order valence-electron chi connectivity index (χ2n) is 6.39. The van der Waals surface area contributed by atoms with Gasteiger partial charge in [0.05, 0.1) is 17.2 Å². The fraction of sp³-hybridized carbons (Fsp3) is 0.250. The molecule has 25 heavy (non-hydrogen) atoms. The smallest absolute Gasteiger partial charge is 0.261 e. The molecule has 1 aromatic heterocycles. The van der Waals surface area contributed by atoms with E-state index in [2.05, 4.69) is 4.98 Å². The number of amides is 1. The lowest BCUT2D eigenvalue weighted by Crippen LogP contribution is -2.41. The highest BCUT2D eigenvalue weighted by molar-refractivity contribution is 5.93. The number of benzene rings is 2. The third kappa shape index (κ3) is 3.45. The highest BCUT2D eigenvalue weighted by Crippen LogP contribution is 2.17. The minimum Gasteiger partial charge on any atom is -0.308 e. The van der Waals surface area contributed by atoms with Crippen LogP contribution in [-0.2, 0) is 11.3 Å². The van der Waals surface area contributed by atoms with Crippen molar-refractivity contribution in [2.24, 2.45) is 0 Å². The van der Waals surface area contributed by atoms with Crippen LogP contribution in [0, 0.1) is 6.92 Å². The number of hydrogen-bond donors (Lipinski definition) is 0. The van der Waals surface area contributed by atoms with Crippen LogP contribution in [0.2, 0.25) is 0 Å². The zero-order chi connectivity index (χ0) is 18.0. The van der Waals surface area contributed by atoms with Crippen LogP contribution in [0.3, 0.4) is 0 Å². The predicted molar refractivity (Wildman–Crippen MR) is 99.8 cm³/mol. The molecule has 5 nitrogen and oxygen atoms in total. The van der Waals surface area contributed by atoms with E-state index >= 15 is 0 Å². The molecule has 0 aliphatic rings. The summed E-state index contributed by atoms with van der Waals surface area (Å²) in [6.45, 7) is 5.80. The zero-order valence-electron chi connectivity index (χ0n) is 14.6. The summed E-state index contributed by atoms with van der Waals surface area (Å²) in [5.41, 5.74) is 2.26. The van der Waals surface area contributed by atoms with Gasteiger partial charge in [0.15, 0.2) is 0 Å². The maximum atomic E-state index is 12.8. The summed E-state index contributed by atoms with van der Waals surface area (Å²) in [4.78, 5) is 31.6. The number of rotatable bonds is 4. The molecule has 0 saturated heterocycles. The third-order valence-corrected chi connectivity index (χ3v) is 4.10. The summed E-state index contributed by atoms with van der Waals surface area (Å²) in [6, 6.07) is 15.0. The largest absolute Gasteiger partial charge is 0.308 e. The third-order valence-electron chi connectivity index (χ3n) is 4.10. The van der Waals surface area contributed by atoms with Crippen LogP contribution in [0.1, 0.15) is 19.4 Å². The second-order valence-corrected chi connectivity index (χ2v) is 6.39. The summed E-state index contributed by atoms with van der Waals surface area (Å²) in [5, 5.41) is 0.533. The molecule has 0 atom stereocenters. The molecule has 0 aliphatic carbocycles. The van der Waals surface area contributed by atoms with E-state index in [1.54, 1.807) is 4.90 Å². The Labute approximate surface area is 146 Å². The Morgan fingerprint density at radius 1 is 1.16 bits per heavy atom. The number of nitrogens with zero attached hydrogens (tertiary/aromatic N) is 3. The molecule has 3 rings (SSSR count). The van der Waals surface area contributed by atoms with Crippen molar-refractivity contribution in [2.75, 3.05) is 4.90 Å². The maximum Gasteiger partial charge on any atom is 0.261 e. The molecular weight excluding hydrogens is 314 g/mol. The van der Waals surface area contributed by atoms with Crippen molar-refractivity contribution in [3.05, 3.63) is 70.8 Å². The second kappa shape index (κ2) is 6.89. The molecule has 2 aromatic carbocycles. The molecule has 128 valence electrons. The number of carbonyl (C=O) groups excluding carboxylic acids is 1. The Bertz CT molecular complexity index is 962. The summed E-state index contributed by atoms with van der Waals surface area (Å²) in [6.07, 6.45) is 1.45. The molecule has 1 amide bonds. The Balaban J connectivity index is 1.95. The average Bonchev–Trinajstić information content (AvgIpc) is 2.58. The van der Waals surface area contributed by atoms with Gasteiger partial charge >= 0.3 is 0 Å². The Morgan fingerprint density at radius 3 is 2.56 bits per heavy atom. The number of para-hydroxylation sites is 1. The molecule has 1 heterocycles. The van der Waals surface area contributed by atoms with Crippen LogP contribution < -0.4 is 10.5 Å². The highest BCUT2D eigenvalue weighted by Gasteiger charge is 2.20. The van der Waals surface area contributed by atoms with Gasteiger partial charge in [-0.1, -0.05) is 29.8 Å². The molecule has 0 N–H and O–H groups in total. The van der Waals surface area contributed by atoms with Gasteiger partial charge in [-0.05, 0) is 45.0 Å². The first kappa shape index (κ1) is 16.9. The zero-order valence-corrected chi connectivity index (χ0v) is 14.6. The van der Waals surface area contributed by atoms with Gasteiger partial charge < -0.3 is 4.90 Å². The standard InChI is InChI=1S/C20H21N3O2/c1-14(2)23(16-7-5-4-6-8-16)19(24)12-22-13-21-18-10-9-15(3)11-17(18)20(22)25/h4-11,13-14H,12H2,1-3H3. The minimum atomic E-state index is -0.196. The summed E-state index contributed by atoms with van der Waals surface area (Å²) >= 11 is 0. The molecule has 0 radical (unpaired) electrons. The minimum absolute atomic E-state index is 0.0127. The lowest BCUT2D eigenvalue weighted by atomic mass is 10.2. The molecule has 0 spiro atoms. The lowest BCUT2D eigenvalue weighted by molar-refractivity contribution is -0.119. The van der Waals surface area contributed by atoms with Crippen molar-refractivity contribution in [3.63, 3.8) is 0 Å². The fourth-order valence-corrected chi connectivity index (χ4v) is 2.93. The molecular formula is C20H21N3O2. The van der Waals surface area contributed by atoms with E-state index in [4.69, 9.17) is 0 Å². The van der Waals surface area contributed by atoms with Crippen LogP contribution in [0.25, 0.3) is 10.9 Å². The molecule has 0 fully saturated rings. The van der Waals surface area contributed by atoms with Gasteiger partial charge in [0.1, 0.15) is 6.54 Å². The quantitative estimate of drug-likeness (QED) is 0.736. The number of carbonyl (C=O) groups is 1. The SMILES string of the molecule is Cc1ccc2ncn(CC(=O)N(c3ccccc3)C(C)C)c(=O)c2c1. The average molecular weight is 335 g/mol. The van der Waals surface area contributed by atoms with Crippen LogP contribution >= 0.6 is 0 Å². The molecule has 0 saturated carbocycles. The molecule has 5 heteroatoms. The van der Waals surface area contributed by atoms with Gasteiger partial charge in [0, 0.05) is 11.7 Å². The monoisotopic (exact) mass is 335 g/mol. The van der Waals surface area contributed by atoms with Gasteiger partial charge in [-0.3, -0.25) is 14.2 Å². The normalized spacial score (nSPS) is 11.0. The molecule has 0 bridgehead atoms. The van der Waals surface area contributed by atoms with E-state index < -0.39 is 0 Å². The lowest BCUT2D eigenvalue weighted by Gasteiger charge is -2.27. The number of hydrogen-bond acceptors (Lipinski definition) is 3.